The van der Waals surface area contributed by atoms with Crippen LogP contribution in [0.4, 0.5) is 0 Å². The summed E-state index contributed by atoms with van der Waals surface area (Å²) in [5.41, 5.74) is 4.03. The summed E-state index contributed by atoms with van der Waals surface area (Å²) in [4.78, 5) is 12.0. The third kappa shape index (κ3) is 4.45. The molecule has 0 saturated heterocycles. The van der Waals surface area contributed by atoms with Crippen LogP contribution in [0.3, 0.4) is 0 Å². The van der Waals surface area contributed by atoms with Crippen LogP contribution in [0.25, 0.3) is 0 Å². The number of benzene rings is 1. The molecule has 2 aromatic rings. The highest BCUT2D eigenvalue weighted by molar-refractivity contribution is 5.94. The Morgan fingerprint density at radius 1 is 1.23 bits per heavy atom. The molecule has 1 N–H and O–H groups in total. The van der Waals surface area contributed by atoms with Gasteiger partial charge in [-0.25, -0.2) is 0 Å². The Labute approximate surface area is 132 Å². The molecule has 2 rings (SSSR count). The van der Waals surface area contributed by atoms with Crippen LogP contribution in [0.5, 0.6) is 0 Å². The van der Waals surface area contributed by atoms with E-state index in [1.54, 1.807) is 0 Å². The number of rotatable bonds is 6. The fraction of sp³-hybridized carbons (Fsp3) is 0.444. The number of aryl methyl sites for hydroxylation is 2. The van der Waals surface area contributed by atoms with E-state index in [4.69, 9.17) is 0 Å². The van der Waals surface area contributed by atoms with E-state index in [1.165, 1.54) is 0 Å². The van der Waals surface area contributed by atoms with Gasteiger partial charge in [0.2, 0.25) is 0 Å². The molecule has 4 heteroatoms. The van der Waals surface area contributed by atoms with Gasteiger partial charge in [-0.1, -0.05) is 26.0 Å². The summed E-state index contributed by atoms with van der Waals surface area (Å²) in [6, 6.07) is 9.82. The number of carbonyl (C=O) groups excluding carboxylic acids is 1. The smallest absolute Gasteiger partial charge is 0.251 e. The first-order chi connectivity index (χ1) is 10.5. The van der Waals surface area contributed by atoms with Crippen LogP contribution in [-0.2, 0) is 6.54 Å². The topological polar surface area (TPSA) is 46.9 Å². The van der Waals surface area contributed by atoms with Gasteiger partial charge >= 0.3 is 0 Å². The lowest BCUT2D eigenvalue weighted by molar-refractivity contribution is 0.0952. The average Bonchev–Trinajstić information content (AvgIpc) is 2.77. The highest BCUT2D eigenvalue weighted by Crippen LogP contribution is 2.09. The first-order valence-electron chi connectivity index (χ1n) is 7.84. The number of aromatic nitrogens is 2. The predicted molar refractivity (Wildman–Crippen MR) is 89.0 cm³/mol. The van der Waals surface area contributed by atoms with E-state index in [9.17, 15) is 4.79 Å². The number of carbonyl (C=O) groups is 1. The molecule has 1 heterocycles. The minimum absolute atomic E-state index is 0.00156. The summed E-state index contributed by atoms with van der Waals surface area (Å²) in [6.45, 7) is 9.81. The Morgan fingerprint density at radius 3 is 2.45 bits per heavy atom. The molecule has 22 heavy (non-hydrogen) atoms. The minimum Gasteiger partial charge on any atom is -0.352 e. The molecule has 4 nitrogen and oxygen atoms in total. The van der Waals surface area contributed by atoms with Crippen LogP contribution in [0.2, 0.25) is 0 Å². The summed E-state index contributed by atoms with van der Waals surface area (Å²) in [7, 11) is 0. The standard InChI is InChI=1S/C18H25N3O/c1-13(2)9-10-19-18(22)17-7-5-16(6-8-17)12-21-15(4)11-14(3)20-21/h5-8,11,13H,9-10,12H2,1-4H3,(H,19,22). The van der Waals surface area contributed by atoms with Gasteiger partial charge in [0.05, 0.1) is 12.2 Å². The van der Waals surface area contributed by atoms with Gasteiger partial charge in [-0.15, -0.1) is 0 Å². The SMILES string of the molecule is Cc1cc(C)n(Cc2ccc(C(=O)NCCC(C)C)cc2)n1. The van der Waals surface area contributed by atoms with Crippen LogP contribution < -0.4 is 5.32 Å². The lowest BCUT2D eigenvalue weighted by Gasteiger charge is -2.08. The second kappa shape index (κ2) is 7.25. The number of nitrogens with zero attached hydrogens (tertiary/aromatic N) is 2. The van der Waals surface area contributed by atoms with Crippen molar-refractivity contribution >= 4 is 5.91 Å². The van der Waals surface area contributed by atoms with Gasteiger partial charge in [0.25, 0.3) is 5.91 Å². The molecule has 0 unspecified atom stereocenters. The zero-order valence-electron chi connectivity index (χ0n) is 13.9. The normalized spacial score (nSPS) is 11.0. The molecule has 1 aromatic heterocycles. The molecular formula is C18H25N3O. The molecule has 0 aliphatic rings. The second-order valence-electron chi connectivity index (χ2n) is 6.22. The number of amides is 1. The van der Waals surface area contributed by atoms with E-state index in [2.05, 4.69) is 37.3 Å². The zero-order chi connectivity index (χ0) is 16.1. The summed E-state index contributed by atoms with van der Waals surface area (Å²) in [5.74, 6) is 0.599. The molecule has 0 fully saturated rings. The number of nitrogens with one attached hydrogen (secondary N) is 1. The van der Waals surface area contributed by atoms with Gasteiger partial charge in [0, 0.05) is 17.8 Å². The van der Waals surface area contributed by atoms with Crippen molar-refractivity contribution in [3.63, 3.8) is 0 Å². The first kappa shape index (κ1) is 16.3. The van der Waals surface area contributed by atoms with Crippen molar-refractivity contribution in [3.05, 3.63) is 52.8 Å². The summed E-state index contributed by atoms with van der Waals surface area (Å²) >= 11 is 0. The largest absolute Gasteiger partial charge is 0.352 e. The summed E-state index contributed by atoms with van der Waals surface area (Å²) in [6.07, 6.45) is 1.00. The maximum atomic E-state index is 12.0. The summed E-state index contributed by atoms with van der Waals surface area (Å²) in [5, 5.41) is 7.41. The fourth-order valence-corrected chi connectivity index (χ4v) is 2.35. The quantitative estimate of drug-likeness (QED) is 0.889. The molecule has 0 saturated carbocycles. The fourth-order valence-electron chi connectivity index (χ4n) is 2.35. The molecule has 0 aliphatic heterocycles. The van der Waals surface area contributed by atoms with E-state index in [1.807, 2.05) is 35.9 Å². The van der Waals surface area contributed by atoms with Crippen molar-refractivity contribution in [2.24, 2.45) is 5.92 Å². The van der Waals surface area contributed by atoms with Gasteiger partial charge in [-0.05, 0) is 49.9 Å². The van der Waals surface area contributed by atoms with E-state index in [0.29, 0.717) is 11.5 Å². The number of hydrogen-bond donors (Lipinski definition) is 1. The third-order valence-corrected chi connectivity index (χ3v) is 3.66. The van der Waals surface area contributed by atoms with Crippen molar-refractivity contribution in [1.29, 1.82) is 0 Å². The molecule has 0 aliphatic carbocycles. The summed E-state index contributed by atoms with van der Waals surface area (Å²) < 4.78 is 1.98. The molecule has 0 spiro atoms. The van der Waals surface area contributed by atoms with E-state index >= 15 is 0 Å². The van der Waals surface area contributed by atoms with E-state index < -0.39 is 0 Å². The molecular weight excluding hydrogens is 274 g/mol. The zero-order valence-corrected chi connectivity index (χ0v) is 13.9. The van der Waals surface area contributed by atoms with Gasteiger partial charge in [0.1, 0.15) is 0 Å². The first-order valence-corrected chi connectivity index (χ1v) is 7.84. The van der Waals surface area contributed by atoms with Crippen LogP contribution in [-0.4, -0.2) is 22.2 Å². The van der Waals surface area contributed by atoms with Crippen LogP contribution >= 0.6 is 0 Å². The van der Waals surface area contributed by atoms with Crippen LogP contribution in [0.1, 0.15) is 47.6 Å². The van der Waals surface area contributed by atoms with E-state index in [0.717, 1.165) is 36.5 Å². The second-order valence-corrected chi connectivity index (χ2v) is 6.22. The highest BCUT2D eigenvalue weighted by Gasteiger charge is 2.06. The Hall–Kier alpha value is -2.10. The van der Waals surface area contributed by atoms with Crippen LogP contribution in [0, 0.1) is 19.8 Å². The van der Waals surface area contributed by atoms with Crippen molar-refractivity contribution in [2.75, 3.05) is 6.54 Å². The van der Waals surface area contributed by atoms with Crippen molar-refractivity contribution < 1.29 is 4.79 Å². The Kier molecular flexibility index (Phi) is 5.36. The van der Waals surface area contributed by atoms with Crippen molar-refractivity contribution in [2.45, 2.75) is 40.7 Å². The highest BCUT2D eigenvalue weighted by atomic mass is 16.1. The van der Waals surface area contributed by atoms with Crippen molar-refractivity contribution in [3.8, 4) is 0 Å². The molecule has 118 valence electrons. The Bertz CT molecular complexity index is 626. The predicted octanol–water partition coefficient (Wildman–Crippen LogP) is 3.32. The van der Waals surface area contributed by atoms with Gasteiger partial charge in [0.15, 0.2) is 0 Å². The van der Waals surface area contributed by atoms with Crippen LogP contribution in [0.15, 0.2) is 30.3 Å². The monoisotopic (exact) mass is 299 g/mol. The Morgan fingerprint density at radius 2 is 1.91 bits per heavy atom. The molecule has 0 bridgehead atoms. The van der Waals surface area contributed by atoms with Gasteiger partial charge in [-0.3, -0.25) is 9.48 Å². The lowest BCUT2D eigenvalue weighted by Crippen LogP contribution is -2.25. The Balaban J connectivity index is 1.95. The minimum atomic E-state index is -0.00156. The maximum absolute atomic E-state index is 12.0. The van der Waals surface area contributed by atoms with Gasteiger partial charge in [-0.2, -0.15) is 5.10 Å². The van der Waals surface area contributed by atoms with E-state index in [-0.39, 0.29) is 5.91 Å². The molecule has 0 atom stereocenters. The number of hydrogen-bond acceptors (Lipinski definition) is 2. The van der Waals surface area contributed by atoms with Crippen molar-refractivity contribution in [1.82, 2.24) is 15.1 Å². The van der Waals surface area contributed by atoms with Gasteiger partial charge < -0.3 is 5.32 Å². The lowest BCUT2D eigenvalue weighted by atomic mass is 10.1. The molecule has 1 aromatic carbocycles. The molecule has 0 radical (unpaired) electrons. The molecule has 1 amide bonds. The third-order valence-electron chi connectivity index (χ3n) is 3.66. The average molecular weight is 299 g/mol. The maximum Gasteiger partial charge on any atom is 0.251 e.